The molecular formula is C7H7N3OS. The molecule has 0 aliphatic heterocycles. The van der Waals surface area contributed by atoms with Gasteiger partial charge < -0.3 is 4.84 Å². The maximum absolute atomic E-state index is 5.04. The second-order valence-electron chi connectivity index (χ2n) is 2.37. The van der Waals surface area contributed by atoms with Crippen LogP contribution in [0.1, 0.15) is 4.88 Å². The van der Waals surface area contributed by atoms with Gasteiger partial charge in [-0.3, -0.25) is 0 Å². The van der Waals surface area contributed by atoms with Crippen molar-refractivity contribution in [3.05, 3.63) is 17.3 Å². The van der Waals surface area contributed by atoms with Crippen LogP contribution in [0.25, 0.3) is 10.2 Å². The fourth-order valence-electron chi connectivity index (χ4n) is 1.05. The predicted octanol–water partition coefficient (Wildman–Crippen LogP) is 1.25. The Bertz CT molecular complexity index is 412. The Morgan fingerprint density at radius 2 is 2.33 bits per heavy atom. The summed E-state index contributed by atoms with van der Waals surface area (Å²) in [5.74, 6) is 5.47. The first-order valence-corrected chi connectivity index (χ1v) is 4.21. The molecule has 2 heterocycles. The molecular weight excluding hydrogens is 174 g/mol. The molecule has 0 saturated heterocycles. The van der Waals surface area contributed by atoms with Gasteiger partial charge in [0, 0.05) is 4.88 Å². The number of aromatic nitrogens is 2. The minimum absolute atomic E-state index is 0.435. The maximum atomic E-state index is 5.04. The lowest BCUT2D eigenvalue weighted by atomic mass is 10.4. The Kier molecular flexibility index (Phi) is 1.67. The zero-order valence-electron chi connectivity index (χ0n) is 6.44. The first-order chi connectivity index (χ1) is 5.81. The van der Waals surface area contributed by atoms with Crippen LogP contribution in [0, 0.1) is 6.92 Å². The molecule has 2 aromatic heterocycles. The van der Waals surface area contributed by atoms with Crippen LogP contribution in [0.3, 0.4) is 0 Å². The van der Waals surface area contributed by atoms with Gasteiger partial charge in [0.15, 0.2) is 0 Å². The minimum Gasteiger partial charge on any atom is -0.390 e. The van der Waals surface area contributed by atoms with E-state index >= 15 is 0 Å². The number of rotatable bonds is 1. The summed E-state index contributed by atoms with van der Waals surface area (Å²) in [6.07, 6.45) is 1.44. The fraction of sp³-hybridized carbons (Fsp3) is 0.143. The van der Waals surface area contributed by atoms with Crippen molar-refractivity contribution in [2.24, 2.45) is 5.90 Å². The normalized spacial score (nSPS) is 10.5. The van der Waals surface area contributed by atoms with Gasteiger partial charge in [-0.2, -0.15) is 10.9 Å². The highest BCUT2D eigenvalue weighted by Crippen LogP contribution is 2.27. The molecule has 0 aliphatic carbocycles. The van der Waals surface area contributed by atoms with E-state index < -0.39 is 0 Å². The first-order valence-electron chi connectivity index (χ1n) is 3.39. The van der Waals surface area contributed by atoms with Crippen molar-refractivity contribution in [3.63, 3.8) is 0 Å². The van der Waals surface area contributed by atoms with Gasteiger partial charge in [-0.25, -0.2) is 4.98 Å². The molecule has 12 heavy (non-hydrogen) atoms. The molecule has 0 bridgehead atoms. The zero-order chi connectivity index (χ0) is 8.55. The number of nitrogens with zero attached hydrogens (tertiary/aromatic N) is 2. The van der Waals surface area contributed by atoms with Crippen molar-refractivity contribution in [2.75, 3.05) is 0 Å². The highest BCUT2D eigenvalue weighted by molar-refractivity contribution is 7.18. The summed E-state index contributed by atoms with van der Waals surface area (Å²) in [7, 11) is 0. The van der Waals surface area contributed by atoms with Gasteiger partial charge in [-0.15, -0.1) is 11.3 Å². The fourth-order valence-corrected chi connectivity index (χ4v) is 1.89. The highest BCUT2D eigenvalue weighted by atomic mass is 32.1. The van der Waals surface area contributed by atoms with Gasteiger partial charge in [-0.05, 0) is 13.0 Å². The Morgan fingerprint density at radius 3 is 3.08 bits per heavy atom. The summed E-state index contributed by atoms with van der Waals surface area (Å²) in [4.78, 5) is 14.6. The average Bonchev–Trinajstić information content (AvgIpc) is 2.44. The van der Waals surface area contributed by atoms with Crippen LogP contribution in [0.4, 0.5) is 0 Å². The molecule has 0 atom stereocenters. The van der Waals surface area contributed by atoms with E-state index in [0.29, 0.717) is 5.88 Å². The smallest absolute Gasteiger partial charge is 0.249 e. The van der Waals surface area contributed by atoms with Crippen LogP contribution < -0.4 is 10.7 Å². The summed E-state index contributed by atoms with van der Waals surface area (Å²) in [5, 5.41) is 0.877. The molecule has 2 N–H and O–H groups in total. The number of aryl methyl sites for hydroxylation is 1. The van der Waals surface area contributed by atoms with Gasteiger partial charge in [0.25, 0.3) is 0 Å². The first kappa shape index (κ1) is 7.45. The molecule has 0 spiro atoms. The summed E-state index contributed by atoms with van der Waals surface area (Å²) in [6, 6.07) is 1.96. The second-order valence-corrected chi connectivity index (χ2v) is 3.61. The Balaban J connectivity index is 2.78. The predicted molar refractivity (Wildman–Crippen MR) is 47.0 cm³/mol. The third-order valence-electron chi connectivity index (χ3n) is 1.53. The quantitative estimate of drug-likeness (QED) is 0.672. The third-order valence-corrected chi connectivity index (χ3v) is 2.49. The number of hydrogen-bond donors (Lipinski definition) is 1. The van der Waals surface area contributed by atoms with Crippen LogP contribution in [0.2, 0.25) is 0 Å². The van der Waals surface area contributed by atoms with E-state index in [1.165, 1.54) is 11.2 Å². The zero-order valence-corrected chi connectivity index (χ0v) is 7.26. The van der Waals surface area contributed by atoms with Crippen LogP contribution in [0.5, 0.6) is 5.88 Å². The standard InChI is InChI=1S/C7H7N3OS/c1-4-2-5-6(11-8)9-3-10-7(5)12-4/h2-3H,8H2,1H3. The second kappa shape index (κ2) is 2.69. The molecule has 5 heteroatoms. The number of nitrogens with two attached hydrogens (primary N) is 1. The lowest BCUT2D eigenvalue weighted by molar-refractivity contribution is 0.325. The molecule has 62 valence electrons. The van der Waals surface area contributed by atoms with Crippen molar-refractivity contribution in [3.8, 4) is 5.88 Å². The molecule has 0 aliphatic rings. The average molecular weight is 181 g/mol. The van der Waals surface area contributed by atoms with Crippen LogP contribution in [-0.4, -0.2) is 9.97 Å². The molecule has 0 unspecified atom stereocenters. The van der Waals surface area contributed by atoms with E-state index in [1.807, 2.05) is 13.0 Å². The highest BCUT2D eigenvalue weighted by Gasteiger charge is 2.06. The maximum Gasteiger partial charge on any atom is 0.249 e. The minimum atomic E-state index is 0.435. The molecule has 0 radical (unpaired) electrons. The van der Waals surface area contributed by atoms with E-state index in [-0.39, 0.29) is 0 Å². The lowest BCUT2D eigenvalue weighted by Gasteiger charge is -1.95. The molecule has 0 saturated carbocycles. The van der Waals surface area contributed by atoms with Gasteiger partial charge >= 0.3 is 0 Å². The van der Waals surface area contributed by atoms with E-state index in [1.54, 1.807) is 11.3 Å². The molecule has 0 amide bonds. The monoisotopic (exact) mass is 181 g/mol. The van der Waals surface area contributed by atoms with E-state index in [4.69, 9.17) is 5.90 Å². The SMILES string of the molecule is Cc1cc2c(ON)ncnc2s1. The summed E-state index contributed by atoms with van der Waals surface area (Å²) < 4.78 is 0. The topological polar surface area (TPSA) is 61.0 Å². The third kappa shape index (κ3) is 1.03. The largest absolute Gasteiger partial charge is 0.390 e. The van der Waals surface area contributed by atoms with E-state index in [2.05, 4.69) is 14.8 Å². The Morgan fingerprint density at radius 1 is 1.50 bits per heavy atom. The van der Waals surface area contributed by atoms with E-state index in [9.17, 15) is 0 Å². The Labute approximate surface area is 73.0 Å². The number of thiophene rings is 1. The number of hydrogen-bond acceptors (Lipinski definition) is 5. The van der Waals surface area contributed by atoms with E-state index in [0.717, 1.165) is 10.2 Å². The lowest BCUT2D eigenvalue weighted by Crippen LogP contribution is -2.03. The van der Waals surface area contributed by atoms with Gasteiger partial charge in [-0.1, -0.05) is 0 Å². The molecule has 0 fully saturated rings. The van der Waals surface area contributed by atoms with Gasteiger partial charge in [0.1, 0.15) is 11.2 Å². The molecule has 2 aromatic rings. The summed E-state index contributed by atoms with van der Waals surface area (Å²) in [6.45, 7) is 2.01. The summed E-state index contributed by atoms with van der Waals surface area (Å²) >= 11 is 1.59. The molecule has 0 aromatic carbocycles. The van der Waals surface area contributed by atoms with Crippen molar-refractivity contribution in [2.45, 2.75) is 6.92 Å². The molecule has 4 nitrogen and oxygen atoms in total. The molecule has 2 rings (SSSR count). The van der Waals surface area contributed by atoms with Crippen molar-refractivity contribution >= 4 is 21.6 Å². The summed E-state index contributed by atoms with van der Waals surface area (Å²) in [5.41, 5.74) is 0. The Hall–Kier alpha value is -1.20. The van der Waals surface area contributed by atoms with Gasteiger partial charge in [0.05, 0.1) is 5.39 Å². The van der Waals surface area contributed by atoms with Crippen LogP contribution in [-0.2, 0) is 0 Å². The van der Waals surface area contributed by atoms with Gasteiger partial charge in [0.2, 0.25) is 5.88 Å². The van der Waals surface area contributed by atoms with Crippen LogP contribution >= 0.6 is 11.3 Å². The van der Waals surface area contributed by atoms with Crippen molar-refractivity contribution in [1.82, 2.24) is 9.97 Å². The van der Waals surface area contributed by atoms with Crippen molar-refractivity contribution < 1.29 is 4.84 Å². The number of fused-ring (bicyclic) bond motifs is 1. The van der Waals surface area contributed by atoms with Crippen LogP contribution in [0.15, 0.2) is 12.4 Å². The van der Waals surface area contributed by atoms with Crippen molar-refractivity contribution in [1.29, 1.82) is 0 Å².